The van der Waals surface area contributed by atoms with E-state index in [2.05, 4.69) is 22.5 Å². The van der Waals surface area contributed by atoms with Gasteiger partial charge < -0.3 is 10.6 Å². The zero-order valence-electron chi connectivity index (χ0n) is 19.2. The molecule has 2 heterocycles. The Kier molecular flexibility index (Phi) is 6.01. The fraction of sp³-hybridized carbons (Fsp3) is 0.542. The molecular formula is C24H31ClN4O2S. The second-order valence-electron chi connectivity index (χ2n) is 10.4. The molecule has 2 bridgehead atoms. The summed E-state index contributed by atoms with van der Waals surface area (Å²) < 4.78 is 0. The highest BCUT2D eigenvalue weighted by Gasteiger charge is 2.58. The monoisotopic (exact) mass is 474 g/mol. The molecule has 3 aliphatic carbocycles. The Morgan fingerprint density at radius 3 is 2.59 bits per heavy atom. The van der Waals surface area contributed by atoms with Crippen LogP contribution < -0.4 is 15.5 Å². The van der Waals surface area contributed by atoms with Gasteiger partial charge in [-0.3, -0.25) is 19.5 Å². The van der Waals surface area contributed by atoms with E-state index in [-0.39, 0.29) is 17.5 Å². The molecule has 5 rings (SSSR count). The lowest BCUT2D eigenvalue weighted by molar-refractivity contribution is -0.137. The van der Waals surface area contributed by atoms with Gasteiger partial charge in [0.15, 0.2) is 0 Å². The van der Waals surface area contributed by atoms with Crippen LogP contribution in [-0.2, 0) is 9.59 Å². The molecule has 3 saturated carbocycles. The maximum atomic E-state index is 13.3. The normalized spacial score (nSPS) is 23.4. The number of thiophene rings is 1. The molecular weight excluding hydrogens is 444 g/mol. The van der Waals surface area contributed by atoms with Crippen LogP contribution in [0.5, 0.6) is 0 Å². The fourth-order valence-electron chi connectivity index (χ4n) is 4.81. The number of pyridine rings is 1. The van der Waals surface area contributed by atoms with E-state index in [0.717, 1.165) is 52.9 Å². The summed E-state index contributed by atoms with van der Waals surface area (Å²) in [4.78, 5) is 32.5. The lowest BCUT2D eigenvalue weighted by atomic mass is 9.50. The van der Waals surface area contributed by atoms with Crippen LogP contribution in [0.1, 0.15) is 63.6 Å². The number of halogens is 1. The molecule has 32 heavy (non-hydrogen) atoms. The molecule has 0 aromatic carbocycles. The minimum absolute atomic E-state index is 0.0103. The van der Waals surface area contributed by atoms with E-state index in [9.17, 15) is 9.59 Å². The van der Waals surface area contributed by atoms with Crippen molar-refractivity contribution in [1.82, 2.24) is 10.3 Å². The highest BCUT2D eigenvalue weighted by molar-refractivity contribution is 7.16. The van der Waals surface area contributed by atoms with Gasteiger partial charge in [-0.05, 0) is 62.6 Å². The van der Waals surface area contributed by atoms with Crippen LogP contribution >= 0.6 is 22.9 Å². The summed E-state index contributed by atoms with van der Waals surface area (Å²) in [7, 11) is 0. The second-order valence-corrected chi connectivity index (χ2v) is 11.9. The molecule has 2 atom stereocenters. The number of carbonyl (C=O) groups excluding carboxylic acids is 2. The van der Waals surface area contributed by atoms with Crippen molar-refractivity contribution in [2.75, 3.05) is 10.2 Å². The van der Waals surface area contributed by atoms with Gasteiger partial charge in [-0.2, -0.15) is 0 Å². The molecule has 2 N–H and O–H groups in total. The quantitative estimate of drug-likeness (QED) is 0.507. The lowest BCUT2D eigenvalue weighted by Crippen LogP contribution is -2.70. The summed E-state index contributed by atoms with van der Waals surface area (Å²) in [6.45, 7) is 9.99. The molecule has 172 valence electrons. The number of aryl methyl sites for hydroxylation is 1. The third-order valence-electron chi connectivity index (χ3n) is 6.61. The summed E-state index contributed by atoms with van der Waals surface area (Å²) >= 11 is 7.61. The van der Waals surface area contributed by atoms with E-state index in [1.54, 1.807) is 11.1 Å². The Morgan fingerprint density at radius 1 is 1.34 bits per heavy atom. The van der Waals surface area contributed by atoms with Crippen LogP contribution in [0.2, 0.25) is 5.02 Å². The summed E-state index contributed by atoms with van der Waals surface area (Å²) in [6, 6.07) is 5.19. The van der Waals surface area contributed by atoms with E-state index in [0.29, 0.717) is 5.02 Å². The first-order valence-corrected chi connectivity index (χ1v) is 12.2. The minimum atomic E-state index is -0.580. The number of nitrogens with zero attached hydrogens (tertiary/aromatic N) is 2. The topological polar surface area (TPSA) is 74.3 Å². The highest BCUT2D eigenvalue weighted by atomic mass is 35.5. The Balaban J connectivity index is 1.53. The van der Waals surface area contributed by atoms with Gasteiger partial charge in [0, 0.05) is 16.6 Å². The van der Waals surface area contributed by atoms with Crippen molar-refractivity contribution in [2.24, 2.45) is 11.3 Å². The summed E-state index contributed by atoms with van der Waals surface area (Å²) in [5.41, 5.74) is 1.30. The zero-order valence-corrected chi connectivity index (χ0v) is 20.8. The fourth-order valence-corrected chi connectivity index (χ4v) is 5.97. The van der Waals surface area contributed by atoms with Crippen LogP contribution in [0.15, 0.2) is 24.4 Å². The van der Waals surface area contributed by atoms with Gasteiger partial charge in [-0.25, -0.2) is 0 Å². The predicted molar refractivity (Wildman–Crippen MR) is 130 cm³/mol. The molecule has 2 aromatic heterocycles. The Hall–Kier alpha value is -2.12. The summed E-state index contributed by atoms with van der Waals surface area (Å²) in [5, 5.41) is 8.04. The first kappa shape index (κ1) is 23.1. The number of hydrogen-bond donors (Lipinski definition) is 2. The average Bonchev–Trinajstić information content (AvgIpc) is 3.13. The predicted octanol–water partition coefficient (Wildman–Crippen LogP) is 5.32. The molecule has 8 heteroatoms. The standard InChI is InChI=1S/C24H31ClN4O2S/c1-14-18(8-17(25)12-26-14)27-15(2)19-6-7-20(32-19)29(13-30)21(23(3,4)5)22(31)28-24-9-16(10-24)11-24/h6-8,12-13,15-16,21,27H,9-11H2,1-5H3,(H,28,31)/t15-,16?,21+,24?/m0/s1. The zero-order chi connectivity index (χ0) is 23.3. The van der Waals surface area contributed by atoms with Crippen molar-refractivity contribution in [3.05, 3.63) is 40.0 Å². The van der Waals surface area contributed by atoms with E-state index in [1.165, 1.54) is 11.3 Å². The molecule has 2 amide bonds. The van der Waals surface area contributed by atoms with Crippen LogP contribution in [-0.4, -0.2) is 28.9 Å². The van der Waals surface area contributed by atoms with Crippen LogP contribution in [0.3, 0.4) is 0 Å². The average molecular weight is 475 g/mol. The lowest BCUT2D eigenvalue weighted by Gasteiger charge is -2.62. The van der Waals surface area contributed by atoms with Crippen molar-refractivity contribution >= 4 is 45.9 Å². The van der Waals surface area contributed by atoms with Gasteiger partial charge in [-0.1, -0.05) is 32.4 Å². The first-order valence-electron chi connectivity index (χ1n) is 11.1. The summed E-state index contributed by atoms with van der Waals surface area (Å²) in [5.74, 6) is 0.710. The van der Waals surface area contributed by atoms with Crippen LogP contribution in [0.25, 0.3) is 0 Å². The molecule has 0 aliphatic heterocycles. The molecule has 3 aliphatic rings. The van der Waals surface area contributed by atoms with Gasteiger partial charge in [0.25, 0.3) is 0 Å². The van der Waals surface area contributed by atoms with Crippen LogP contribution in [0, 0.1) is 18.3 Å². The number of carbonyl (C=O) groups is 2. The largest absolute Gasteiger partial charge is 0.376 e. The van der Waals surface area contributed by atoms with E-state index in [1.807, 2.05) is 45.9 Å². The van der Waals surface area contributed by atoms with Crippen molar-refractivity contribution in [1.29, 1.82) is 0 Å². The molecule has 0 saturated heterocycles. The Labute approximate surface area is 198 Å². The highest BCUT2D eigenvalue weighted by Crippen LogP contribution is 2.57. The summed E-state index contributed by atoms with van der Waals surface area (Å²) in [6.07, 6.45) is 5.63. The second kappa shape index (κ2) is 8.34. The smallest absolute Gasteiger partial charge is 0.244 e. The van der Waals surface area contributed by atoms with E-state index in [4.69, 9.17) is 11.6 Å². The molecule has 0 radical (unpaired) electrons. The Morgan fingerprint density at radius 2 is 2.03 bits per heavy atom. The maximum Gasteiger partial charge on any atom is 0.244 e. The van der Waals surface area contributed by atoms with Gasteiger partial charge in [-0.15, -0.1) is 11.3 Å². The van der Waals surface area contributed by atoms with Crippen molar-refractivity contribution in [3.8, 4) is 0 Å². The van der Waals surface area contributed by atoms with E-state index < -0.39 is 11.5 Å². The van der Waals surface area contributed by atoms with Gasteiger partial charge in [0.1, 0.15) is 6.04 Å². The number of hydrogen-bond acceptors (Lipinski definition) is 5. The molecule has 3 fully saturated rings. The maximum absolute atomic E-state index is 13.3. The number of nitrogens with one attached hydrogen (secondary N) is 2. The number of rotatable bonds is 8. The molecule has 0 spiro atoms. The third kappa shape index (κ3) is 4.37. The van der Waals surface area contributed by atoms with Crippen molar-refractivity contribution in [2.45, 2.75) is 71.5 Å². The number of amides is 2. The number of aromatic nitrogens is 1. The van der Waals surface area contributed by atoms with Gasteiger partial charge >= 0.3 is 0 Å². The minimum Gasteiger partial charge on any atom is -0.376 e. The van der Waals surface area contributed by atoms with Crippen LogP contribution in [0.4, 0.5) is 10.7 Å². The SMILES string of the molecule is Cc1ncc(Cl)cc1N[C@@H](C)c1ccc(N(C=O)[C@H](C(=O)NC23CC(C2)C3)C(C)(C)C)s1. The molecule has 0 unspecified atom stereocenters. The first-order chi connectivity index (χ1) is 15.0. The Bertz CT molecular complexity index is 1010. The number of anilines is 2. The van der Waals surface area contributed by atoms with E-state index >= 15 is 0 Å². The van der Waals surface area contributed by atoms with Gasteiger partial charge in [0.2, 0.25) is 12.3 Å². The molecule has 2 aromatic rings. The van der Waals surface area contributed by atoms with Gasteiger partial charge in [0.05, 0.1) is 27.4 Å². The van der Waals surface area contributed by atoms with Crippen molar-refractivity contribution < 1.29 is 9.59 Å². The molecule has 6 nitrogen and oxygen atoms in total. The third-order valence-corrected chi connectivity index (χ3v) is 8.09. The van der Waals surface area contributed by atoms with Crippen molar-refractivity contribution in [3.63, 3.8) is 0 Å².